The molecule has 26 heavy (non-hydrogen) atoms. The second kappa shape index (κ2) is 8.45. The molecular formula is C21H22N2O3. The Morgan fingerprint density at radius 3 is 2.65 bits per heavy atom. The van der Waals surface area contributed by atoms with Gasteiger partial charge in [-0.3, -0.25) is 9.78 Å². The highest BCUT2D eigenvalue weighted by molar-refractivity contribution is 5.63. The van der Waals surface area contributed by atoms with E-state index in [1.807, 2.05) is 55.6 Å². The lowest BCUT2D eigenvalue weighted by atomic mass is 10.1. The van der Waals surface area contributed by atoms with E-state index in [4.69, 9.17) is 4.74 Å². The molecule has 0 saturated carbocycles. The van der Waals surface area contributed by atoms with Gasteiger partial charge in [0, 0.05) is 24.7 Å². The zero-order valence-electron chi connectivity index (χ0n) is 14.6. The normalized spacial score (nSPS) is 13.2. The minimum Gasteiger partial charge on any atom is -0.488 e. The average molecular weight is 350 g/mol. The van der Waals surface area contributed by atoms with E-state index in [0.717, 1.165) is 23.1 Å². The van der Waals surface area contributed by atoms with Gasteiger partial charge in [-0.15, -0.1) is 0 Å². The highest BCUT2D eigenvalue weighted by atomic mass is 16.5. The molecule has 2 heterocycles. The molecule has 0 spiro atoms. The summed E-state index contributed by atoms with van der Waals surface area (Å²) in [6.45, 7) is 1.86. The molecule has 1 aromatic carbocycles. The summed E-state index contributed by atoms with van der Waals surface area (Å²) in [6.07, 6.45) is 5.65. The molecule has 0 amide bonds. The Hall–Kier alpha value is -2.92. The van der Waals surface area contributed by atoms with Gasteiger partial charge in [0.25, 0.3) is 0 Å². The van der Waals surface area contributed by atoms with E-state index in [9.17, 15) is 9.90 Å². The Kier molecular flexibility index (Phi) is 5.81. The van der Waals surface area contributed by atoms with Crippen LogP contribution in [-0.4, -0.2) is 27.3 Å². The van der Waals surface area contributed by atoms with Crippen LogP contribution in [0.1, 0.15) is 18.9 Å². The summed E-state index contributed by atoms with van der Waals surface area (Å²) in [5, 5.41) is 10.3. The van der Waals surface area contributed by atoms with Crippen LogP contribution in [0.4, 0.5) is 0 Å². The maximum Gasteiger partial charge on any atom is 0.248 e. The van der Waals surface area contributed by atoms with Crippen molar-refractivity contribution in [1.29, 1.82) is 0 Å². The maximum atomic E-state index is 11.4. The van der Waals surface area contributed by atoms with E-state index in [1.54, 1.807) is 18.5 Å². The highest BCUT2D eigenvalue weighted by Gasteiger charge is 2.16. The predicted molar refractivity (Wildman–Crippen MR) is 101 cm³/mol. The van der Waals surface area contributed by atoms with E-state index in [1.165, 1.54) is 0 Å². The summed E-state index contributed by atoms with van der Waals surface area (Å²) in [5.41, 5.74) is 2.76. The highest BCUT2D eigenvalue weighted by Crippen LogP contribution is 2.22. The molecule has 2 N–H and O–H groups in total. The van der Waals surface area contributed by atoms with Crippen molar-refractivity contribution in [3.8, 4) is 16.9 Å². The number of ether oxygens (including phenoxy) is 1. The van der Waals surface area contributed by atoms with Gasteiger partial charge in [-0.05, 0) is 60.7 Å². The molecule has 5 nitrogen and oxygen atoms in total. The van der Waals surface area contributed by atoms with Crippen molar-refractivity contribution in [3.05, 3.63) is 83.0 Å². The Balaban J connectivity index is 1.57. The minimum atomic E-state index is -0.567. The molecule has 3 rings (SSSR count). The number of H-pyrrole nitrogens is 1. The van der Waals surface area contributed by atoms with Crippen molar-refractivity contribution in [2.24, 2.45) is 0 Å². The Bertz CT molecular complexity index is 876. The SMILES string of the molecule is C[C@H](Oc1ccc(-c2cc[nH]c(=O)c2)cc1)[C@H](O)CCc1cccnc1. The van der Waals surface area contributed by atoms with Crippen LogP contribution in [0.5, 0.6) is 5.75 Å². The van der Waals surface area contributed by atoms with Crippen molar-refractivity contribution in [3.63, 3.8) is 0 Å². The van der Waals surface area contributed by atoms with Gasteiger partial charge < -0.3 is 14.8 Å². The lowest BCUT2D eigenvalue weighted by Crippen LogP contribution is -2.29. The number of nitrogens with one attached hydrogen (secondary N) is 1. The maximum absolute atomic E-state index is 11.4. The molecule has 0 radical (unpaired) electrons. The first-order valence-electron chi connectivity index (χ1n) is 8.64. The number of rotatable bonds is 7. The fourth-order valence-corrected chi connectivity index (χ4v) is 2.74. The van der Waals surface area contributed by atoms with Crippen molar-refractivity contribution in [1.82, 2.24) is 9.97 Å². The summed E-state index contributed by atoms with van der Waals surface area (Å²) < 4.78 is 5.85. The van der Waals surface area contributed by atoms with E-state index >= 15 is 0 Å². The first kappa shape index (κ1) is 17.9. The largest absolute Gasteiger partial charge is 0.488 e. The Labute approximate surface area is 152 Å². The van der Waals surface area contributed by atoms with Crippen LogP contribution in [0.25, 0.3) is 11.1 Å². The number of aliphatic hydroxyl groups is 1. The van der Waals surface area contributed by atoms with E-state index < -0.39 is 6.10 Å². The molecule has 134 valence electrons. The van der Waals surface area contributed by atoms with Gasteiger partial charge in [-0.1, -0.05) is 18.2 Å². The van der Waals surface area contributed by atoms with Gasteiger partial charge in [0.15, 0.2) is 0 Å². The van der Waals surface area contributed by atoms with Gasteiger partial charge in [-0.2, -0.15) is 0 Å². The molecule has 0 bridgehead atoms. The van der Waals surface area contributed by atoms with Gasteiger partial charge in [0.2, 0.25) is 5.56 Å². The minimum absolute atomic E-state index is 0.131. The topological polar surface area (TPSA) is 75.2 Å². The monoisotopic (exact) mass is 350 g/mol. The molecule has 0 aliphatic carbocycles. The summed E-state index contributed by atoms with van der Waals surface area (Å²) in [7, 11) is 0. The summed E-state index contributed by atoms with van der Waals surface area (Å²) in [6, 6.07) is 14.8. The molecule has 0 fully saturated rings. The Morgan fingerprint density at radius 2 is 1.96 bits per heavy atom. The lowest BCUT2D eigenvalue weighted by Gasteiger charge is -2.20. The van der Waals surface area contributed by atoms with Crippen LogP contribution in [0.3, 0.4) is 0 Å². The smallest absolute Gasteiger partial charge is 0.248 e. The quantitative estimate of drug-likeness (QED) is 0.686. The number of hydrogen-bond donors (Lipinski definition) is 2. The van der Waals surface area contributed by atoms with Gasteiger partial charge >= 0.3 is 0 Å². The van der Waals surface area contributed by atoms with Crippen molar-refractivity contribution < 1.29 is 9.84 Å². The average Bonchev–Trinajstić information content (AvgIpc) is 2.67. The number of aliphatic hydroxyl groups excluding tert-OH is 1. The van der Waals surface area contributed by atoms with Crippen LogP contribution >= 0.6 is 0 Å². The van der Waals surface area contributed by atoms with Crippen molar-refractivity contribution in [2.75, 3.05) is 0 Å². The van der Waals surface area contributed by atoms with Crippen LogP contribution in [-0.2, 0) is 6.42 Å². The number of nitrogens with zero attached hydrogens (tertiary/aromatic N) is 1. The molecule has 0 aliphatic heterocycles. The molecule has 2 atom stereocenters. The summed E-state index contributed by atoms with van der Waals surface area (Å²) >= 11 is 0. The number of aryl methyl sites for hydroxylation is 1. The second-order valence-corrected chi connectivity index (χ2v) is 6.26. The van der Waals surface area contributed by atoms with Gasteiger partial charge in [0.1, 0.15) is 11.9 Å². The van der Waals surface area contributed by atoms with Crippen molar-refractivity contribution >= 4 is 0 Å². The number of aromatic nitrogens is 2. The Morgan fingerprint density at radius 1 is 1.15 bits per heavy atom. The number of hydrogen-bond acceptors (Lipinski definition) is 4. The number of pyridine rings is 2. The first-order valence-corrected chi connectivity index (χ1v) is 8.64. The zero-order chi connectivity index (χ0) is 18.4. The number of benzene rings is 1. The zero-order valence-corrected chi connectivity index (χ0v) is 14.6. The van der Waals surface area contributed by atoms with Crippen LogP contribution in [0.2, 0.25) is 0 Å². The first-order chi connectivity index (χ1) is 12.6. The van der Waals surface area contributed by atoms with Crippen LogP contribution < -0.4 is 10.3 Å². The van der Waals surface area contributed by atoms with E-state index in [0.29, 0.717) is 12.2 Å². The molecule has 2 aromatic heterocycles. The van der Waals surface area contributed by atoms with Gasteiger partial charge in [-0.25, -0.2) is 0 Å². The third kappa shape index (κ3) is 4.80. The molecule has 5 heteroatoms. The third-order valence-corrected chi connectivity index (χ3v) is 4.28. The fourth-order valence-electron chi connectivity index (χ4n) is 2.74. The molecule has 0 unspecified atom stereocenters. The summed E-state index contributed by atoms with van der Waals surface area (Å²) in [5.74, 6) is 0.687. The summed E-state index contributed by atoms with van der Waals surface area (Å²) in [4.78, 5) is 18.1. The number of aromatic amines is 1. The van der Waals surface area contributed by atoms with E-state index in [-0.39, 0.29) is 11.7 Å². The van der Waals surface area contributed by atoms with Crippen LogP contribution in [0, 0.1) is 0 Å². The van der Waals surface area contributed by atoms with Gasteiger partial charge in [0.05, 0.1) is 6.10 Å². The molecule has 3 aromatic rings. The van der Waals surface area contributed by atoms with E-state index in [2.05, 4.69) is 9.97 Å². The fraction of sp³-hybridized carbons (Fsp3) is 0.238. The third-order valence-electron chi connectivity index (χ3n) is 4.28. The second-order valence-electron chi connectivity index (χ2n) is 6.26. The van der Waals surface area contributed by atoms with Crippen LogP contribution in [0.15, 0.2) is 71.9 Å². The standard InChI is InChI=1S/C21H22N2O3/c1-15(20(24)9-4-16-3-2-11-22-14-16)26-19-7-5-17(6-8-19)18-10-12-23-21(25)13-18/h2-3,5-8,10-15,20,24H,4,9H2,1H3,(H,23,25)/t15-,20+/m0/s1. The van der Waals surface area contributed by atoms with Crippen molar-refractivity contribution in [2.45, 2.75) is 32.0 Å². The molecule has 0 aliphatic rings. The predicted octanol–water partition coefficient (Wildman–Crippen LogP) is 3.20. The molecular weight excluding hydrogens is 328 g/mol. The molecule has 0 saturated heterocycles. The lowest BCUT2D eigenvalue weighted by molar-refractivity contribution is 0.0420.